The van der Waals surface area contributed by atoms with Crippen LogP contribution in [0, 0.1) is 12.7 Å². The van der Waals surface area contributed by atoms with Crippen LogP contribution in [0.25, 0.3) is 5.69 Å². The molecule has 0 aliphatic heterocycles. The van der Waals surface area contributed by atoms with Gasteiger partial charge in [-0.25, -0.2) is 9.07 Å². The Morgan fingerprint density at radius 2 is 2.00 bits per heavy atom. The second kappa shape index (κ2) is 5.09. The monoisotopic (exact) mass is 262 g/mol. The Kier molecular flexibility index (Phi) is 3.66. The van der Waals surface area contributed by atoms with E-state index in [2.05, 4.69) is 36.4 Å². The molecular weight excluding hydrogens is 243 g/mol. The van der Waals surface area contributed by atoms with Crippen molar-refractivity contribution in [2.24, 2.45) is 0 Å². The smallest absolute Gasteiger partial charge is 0.125 e. The molecule has 1 aromatic carbocycles. The lowest BCUT2D eigenvalue weighted by atomic mass is 10.1. The van der Waals surface area contributed by atoms with E-state index in [0.29, 0.717) is 12.2 Å². The Labute approximate surface area is 112 Å². The predicted octanol–water partition coefficient (Wildman–Crippen LogP) is 2.60. The average molecular weight is 262 g/mol. The number of halogens is 1. The number of rotatable bonds is 3. The summed E-state index contributed by atoms with van der Waals surface area (Å²) >= 11 is 0. The Morgan fingerprint density at radius 3 is 2.63 bits per heavy atom. The zero-order valence-corrected chi connectivity index (χ0v) is 11.7. The van der Waals surface area contributed by atoms with Crippen LogP contribution >= 0.6 is 0 Å². The van der Waals surface area contributed by atoms with Crippen LogP contribution in [0.4, 0.5) is 4.39 Å². The lowest BCUT2D eigenvalue weighted by Gasteiger charge is -2.19. The van der Waals surface area contributed by atoms with Crippen molar-refractivity contribution in [3.63, 3.8) is 0 Å². The summed E-state index contributed by atoms with van der Waals surface area (Å²) in [6.07, 6.45) is 1.81. The lowest BCUT2D eigenvalue weighted by Crippen LogP contribution is -2.35. The molecule has 0 aliphatic rings. The molecule has 5 heteroatoms. The average Bonchev–Trinajstić information content (AvgIpc) is 2.72. The van der Waals surface area contributed by atoms with Gasteiger partial charge in [-0.1, -0.05) is 5.21 Å². The molecule has 102 valence electrons. The number of aromatic nitrogens is 3. The molecule has 0 saturated heterocycles. The Balaban J connectivity index is 2.16. The number of hydrogen-bond acceptors (Lipinski definition) is 3. The summed E-state index contributed by atoms with van der Waals surface area (Å²) in [5.74, 6) is -0.264. The van der Waals surface area contributed by atoms with E-state index in [0.717, 1.165) is 11.3 Å². The topological polar surface area (TPSA) is 42.7 Å². The summed E-state index contributed by atoms with van der Waals surface area (Å²) in [5, 5.41) is 11.4. The van der Waals surface area contributed by atoms with Gasteiger partial charge in [0.1, 0.15) is 5.82 Å². The number of hydrogen-bond donors (Lipinski definition) is 1. The summed E-state index contributed by atoms with van der Waals surface area (Å²) < 4.78 is 14.9. The van der Waals surface area contributed by atoms with Crippen LogP contribution in [0.15, 0.2) is 24.4 Å². The van der Waals surface area contributed by atoms with E-state index in [1.54, 1.807) is 4.68 Å². The molecule has 0 amide bonds. The first-order valence-electron chi connectivity index (χ1n) is 6.27. The molecule has 19 heavy (non-hydrogen) atoms. The first-order valence-corrected chi connectivity index (χ1v) is 6.27. The number of benzene rings is 1. The van der Waals surface area contributed by atoms with E-state index in [9.17, 15) is 4.39 Å². The molecule has 0 spiro atoms. The highest BCUT2D eigenvalue weighted by molar-refractivity contribution is 5.35. The minimum atomic E-state index is -0.264. The van der Waals surface area contributed by atoms with Gasteiger partial charge in [0.15, 0.2) is 0 Å². The van der Waals surface area contributed by atoms with Crippen LogP contribution in [0.5, 0.6) is 0 Å². The van der Waals surface area contributed by atoms with Gasteiger partial charge in [-0.05, 0) is 51.5 Å². The van der Waals surface area contributed by atoms with E-state index in [4.69, 9.17) is 0 Å². The number of nitrogens with zero attached hydrogens (tertiary/aromatic N) is 3. The number of aryl methyl sites for hydroxylation is 1. The zero-order valence-electron chi connectivity index (χ0n) is 11.7. The molecule has 0 unspecified atom stereocenters. The molecule has 0 fully saturated rings. The van der Waals surface area contributed by atoms with Crippen LogP contribution in [0.1, 0.15) is 32.0 Å². The normalized spacial score (nSPS) is 11.8. The highest BCUT2D eigenvalue weighted by atomic mass is 19.1. The van der Waals surface area contributed by atoms with E-state index in [1.807, 2.05) is 19.2 Å². The maximum atomic E-state index is 13.4. The molecule has 1 aromatic heterocycles. The van der Waals surface area contributed by atoms with Gasteiger partial charge < -0.3 is 5.32 Å². The first-order chi connectivity index (χ1) is 8.83. The molecule has 0 atom stereocenters. The molecule has 0 radical (unpaired) electrons. The fraction of sp³-hybridized carbons (Fsp3) is 0.429. The minimum absolute atomic E-state index is 0.0270. The summed E-state index contributed by atoms with van der Waals surface area (Å²) in [6.45, 7) is 8.76. The third-order valence-corrected chi connectivity index (χ3v) is 2.63. The molecule has 4 nitrogen and oxygen atoms in total. The van der Waals surface area contributed by atoms with Gasteiger partial charge in [-0.3, -0.25) is 0 Å². The van der Waals surface area contributed by atoms with Crippen molar-refractivity contribution >= 4 is 0 Å². The second-order valence-corrected chi connectivity index (χ2v) is 5.74. The lowest BCUT2D eigenvalue weighted by molar-refractivity contribution is 0.421. The van der Waals surface area contributed by atoms with Crippen LogP contribution in [0.2, 0.25) is 0 Å². The van der Waals surface area contributed by atoms with Gasteiger partial charge in [0.25, 0.3) is 0 Å². The molecule has 1 heterocycles. The maximum absolute atomic E-state index is 13.4. The van der Waals surface area contributed by atoms with Gasteiger partial charge in [-0.2, -0.15) is 0 Å². The van der Waals surface area contributed by atoms with Crippen molar-refractivity contribution in [1.82, 2.24) is 20.3 Å². The van der Waals surface area contributed by atoms with Gasteiger partial charge in [-0.15, -0.1) is 5.10 Å². The van der Waals surface area contributed by atoms with E-state index in [1.165, 1.54) is 12.1 Å². The summed E-state index contributed by atoms with van der Waals surface area (Å²) in [5.41, 5.74) is 2.41. The largest absolute Gasteiger partial charge is 0.306 e. The maximum Gasteiger partial charge on any atom is 0.125 e. The quantitative estimate of drug-likeness (QED) is 0.924. The highest BCUT2D eigenvalue weighted by Crippen LogP contribution is 2.12. The standard InChI is InChI=1S/C14H19FN4/c1-10-5-11(15)7-13(6-10)19-9-12(17-18-19)8-16-14(2,3)4/h5-7,9,16H,8H2,1-4H3. The molecular formula is C14H19FN4. The van der Waals surface area contributed by atoms with E-state index in [-0.39, 0.29) is 11.4 Å². The van der Waals surface area contributed by atoms with Crippen LogP contribution < -0.4 is 5.32 Å². The predicted molar refractivity (Wildman–Crippen MR) is 72.6 cm³/mol. The molecule has 1 N–H and O–H groups in total. The SMILES string of the molecule is Cc1cc(F)cc(-n2cc(CNC(C)(C)C)nn2)c1. The van der Waals surface area contributed by atoms with Crippen molar-refractivity contribution < 1.29 is 4.39 Å². The van der Waals surface area contributed by atoms with Gasteiger partial charge in [0.05, 0.1) is 17.6 Å². The van der Waals surface area contributed by atoms with Gasteiger partial charge in [0.2, 0.25) is 0 Å². The second-order valence-electron chi connectivity index (χ2n) is 5.74. The summed E-state index contributed by atoms with van der Waals surface area (Å²) in [6, 6.07) is 4.81. The Hall–Kier alpha value is -1.75. The van der Waals surface area contributed by atoms with Crippen molar-refractivity contribution in [3.8, 4) is 5.69 Å². The van der Waals surface area contributed by atoms with Crippen LogP contribution in [-0.4, -0.2) is 20.5 Å². The first kappa shape index (κ1) is 13.7. The molecule has 0 bridgehead atoms. The minimum Gasteiger partial charge on any atom is -0.306 e. The number of nitrogens with one attached hydrogen (secondary N) is 1. The van der Waals surface area contributed by atoms with Gasteiger partial charge in [0, 0.05) is 12.1 Å². The van der Waals surface area contributed by atoms with Crippen LogP contribution in [-0.2, 0) is 6.54 Å². The van der Waals surface area contributed by atoms with E-state index < -0.39 is 0 Å². The molecule has 2 rings (SSSR count). The van der Waals surface area contributed by atoms with Crippen molar-refractivity contribution in [1.29, 1.82) is 0 Å². The van der Waals surface area contributed by atoms with E-state index >= 15 is 0 Å². The zero-order chi connectivity index (χ0) is 14.0. The Bertz CT molecular complexity index is 549. The van der Waals surface area contributed by atoms with Crippen molar-refractivity contribution in [2.75, 3.05) is 0 Å². The third-order valence-electron chi connectivity index (χ3n) is 2.63. The summed E-state index contributed by atoms with van der Waals surface area (Å²) in [4.78, 5) is 0. The summed E-state index contributed by atoms with van der Waals surface area (Å²) in [7, 11) is 0. The third kappa shape index (κ3) is 3.86. The van der Waals surface area contributed by atoms with Crippen LogP contribution in [0.3, 0.4) is 0 Å². The molecule has 2 aromatic rings. The molecule has 0 aliphatic carbocycles. The Morgan fingerprint density at radius 1 is 1.26 bits per heavy atom. The fourth-order valence-corrected chi connectivity index (χ4v) is 1.71. The van der Waals surface area contributed by atoms with Gasteiger partial charge >= 0.3 is 0 Å². The van der Waals surface area contributed by atoms with Crippen molar-refractivity contribution in [3.05, 3.63) is 41.5 Å². The highest BCUT2D eigenvalue weighted by Gasteiger charge is 2.10. The molecule has 0 saturated carbocycles. The van der Waals surface area contributed by atoms with Crippen molar-refractivity contribution in [2.45, 2.75) is 39.8 Å². The fourth-order valence-electron chi connectivity index (χ4n) is 1.71.